The maximum absolute atomic E-state index is 12.5. The molecular weight excluding hydrogens is 302 g/mol. The van der Waals surface area contributed by atoms with Gasteiger partial charge in [-0.2, -0.15) is 0 Å². The van der Waals surface area contributed by atoms with Crippen molar-refractivity contribution in [2.24, 2.45) is 11.3 Å². The van der Waals surface area contributed by atoms with Gasteiger partial charge in [-0.3, -0.25) is 0 Å². The van der Waals surface area contributed by atoms with E-state index in [2.05, 4.69) is 24.1 Å². The first kappa shape index (κ1) is 15.7. The van der Waals surface area contributed by atoms with Crippen LogP contribution in [0.15, 0.2) is 5.38 Å². The van der Waals surface area contributed by atoms with Crippen LogP contribution in [-0.2, 0) is 22.6 Å². The molecule has 1 aromatic rings. The van der Waals surface area contributed by atoms with Crippen molar-refractivity contribution in [3.63, 3.8) is 0 Å². The SMILES string of the molecule is COCc1nc(CNC(=O)N2CC(C)(C)[C@@H]3COC[C@@H]32)cs1. The average molecular weight is 325 g/mol. The van der Waals surface area contributed by atoms with Gasteiger partial charge in [0.2, 0.25) is 0 Å². The number of urea groups is 1. The van der Waals surface area contributed by atoms with E-state index in [9.17, 15) is 4.79 Å². The van der Waals surface area contributed by atoms with Crippen LogP contribution >= 0.6 is 11.3 Å². The highest BCUT2D eigenvalue weighted by Gasteiger charge is 2.51. The molecule has 2 aliphatic heterocycles. The summed E-state index contributed by atoms with van der Waals surface area (Å²) >= 11 is 1.55. The number of methoxy groups -OCH3 is 1. The van der Waals surface area contributed by atoms with Crippen LogP contribution in [-0.4, -0.2) is 48.8 Å². The molecule has 7 heteroatoms. The van der Waals surface area contributed by atoms with E-state index in [4.69, 9.17) is 9.47 Å². The Morgan fingerprint density at radius 1 is 1.59 bits per heavy atom. The molecule has 2 aliphatic rings. The molecule has 6 nitrogen and oxygen atoms in total. The zero-order valence-electron chi connectivity index (χ0n) is 13.3. The Hall–Kier alpha value is -1.18. The number of thiazole rings is 1. The molecule has 1 N–H and O–H groups in total. The number of carbonyl (C=O) groups is 1. The maximum Gasteiger partial charge on any atom is 0.318 e. The van der Waals surface area contributed by atoms with Gasteiger partial charge in [0.1, 0.15) is 5.01 Å². The number of amides is 2. The second-order valence-corrected chi connectivity index (χ2v) is 7.59. The summed E-state index contributed by atoms with van der Waals surface area (Å²) in [5.74, 6) is 0.436. The van der Waals surface area contributed by atoms with Crippen molar-refractivity contribution >= 4 is 17.4 Å². The molecule has 0 aliphatic carbocycles. The molecule has 0 bridgehead atoms. The summed E-state index contributed by atoms with van der Waals surface area (Å²) < 4.78 is 10.6. The highest BCUT2D eigenvalue weighted by Crippen LogP contribution is 2.43. The molecule has 1 aromatic heterocycles. The topological polar surface area (TPSA) is 63.7 Å². The van der Waals surface area contributed by atoms with Crippen LogP contribution in [0.3, 0.4) is 0 Å². The second-order valence-electron chi connectivity index (χ2n) is 6.65. The summed E-state index contributed by atoms with van der Waals surface area (Å²) in [6.07, 6.45) is 0. The largest absolute Gasteiger partial charge is 0.379 e. The van der Waals surface area contributed by atoms with E-state index in [1.807, 2.05) is 10.3 Å². The average Bonchev–Trinajstić information content (AvgIpc) is 3.15. The van der Waals surface area contributed by atoms with Gasteiger partial charge in [-0.1, -0.05) is 13.8 Å². The number of nitrogens with zero attached hydrogens (tertiary/aromatic N) is 2. The lowest BCUT2D eigenvalue weighted by Crippen LogP contribution is -2.44. The van der Waals surface area contributed by atoms with Gasteiger partial charge in [0, 0.05) is 25.0 Å². The van der Waals surface area contributed by atoms with Crippen LogP contribution in [0, 0.1) is 11.3 Å². The van der Waals surface area contributed by atoms with Crippen molar-refractivity contribution < 1.29 is 14.3 Å². The third kappa shape index (κ3) is 2.98. The lowest BCUT2D eigenvalue weighted by Gasteiger charge is -2.24. The van der Waals surface area contributed by atoms with Gasteiger partial charge < -0.3 is 19.7 Å². The van der Waals surface area contributed by atoms with Crippen molar-refractivity contribution in [1.29, 1.82) is 0 Å². The Balaban J connectivity index is 1.58. The monoisotopic (exact) mass is 325 g/mol. The van der Waals surface area contributed by atoms with E-state index in [0.717, 1.165) is 23.9 Å². The number of carbonyl (C=O) groups excluding carboxylic acids is 1. The van der Waals surface area contributed by atoms with Gasteiger partial charge in [-0.05, 0) is 5.41 Å². The van der Waals surface area contributed by atoms with Crippen LogP contribution in [0.4, 0.5) is 4.79 Å². The fourth-order valence-corrected chi connectivity index (χ4v) is 4.14. The summed E-state index contributed by atoms with van der Waals surface area (Å²) in [5, 5.41) is 5.87. The first-order chi connectivity index (χ1) is 10.5. The zero-order chi connectivity index (χ0) is 15.7. The molecule has 3 heterocycles. The normalized spacial score (nSPS) is 26.2. The standard InChI is InChI=1S/C15H23N3O3S/c1-15(2)9-18(12-6-21-5-11(12)15)14(19)16-4-10-8-22-13(17-10)7-20-3/h8,11-12H,4-7,9H2,1-3H3,(H,16,19)/t11-,12+/m1/s1. The molecule has 2 fully saturated rings. The summed E-state index contributed by atoms with van der Waals surface area (Å²) in [4.78, 5) is 18.9. The molecule has 0 radical (unpaired) electrons. The van der Waals surface area contributed by atoms with E-state index in [0.29, 0.717) is 25.7 Å². The van der Waals surface area contributed by atoms with Crippen LogP contribution in [0.25, 0.3) is 0 Å². The number of fused-ring (bicyclic) bond motifs is 1. The highest BCUT2D eigenvalue weighted by atomic mass is 32.1. The highest BCUT2D eigenvalue weighted by molar-refractivity contribution is 7.09. The van der Waals surface area contributed by atoms with Crippen molar-refractivity contribution in [1.82, 2.24) is 15.2 Å². The molecule has 2 saturated heterocycles. The number of ether oxygens (including phenoxy) is 2. The third-order valence-corrected chi connectivity index (χ3v) is 5.45. The lowest BCUT2D eigenvalue weighted by molar-refractivity contribution is 0.124. The van der Waals surface area contributed by atoms with Crippen molar-refractivity contribution in [3.05, 3.63) is 16.1 Å². The molecule has 22 heavy (non-hydrogen) atoms. The minimum Gasteiger partial charge on any atom is -0.379 e. The molecule has 2 atom stereocenters. The first-order valence-corrected chi connectivity index (χ1v) is 8.43. The smallest absolute Gasteiger partial charge is 0.318 e. The second kappa shape index (κ2) is 6.14. The van der Waals surface area contributed by atoms with Crippen molar-refractivity contribution in [3.8, 4) is 0 Å². The molecule has 3 rings (SSSR count). The van der Waals surface area contributed by atoms with Gasteiger partial charge in [0.15, 0.2) is 0 Å². The number of nitrogens with one attached hydrogen (secondary N) is 1. The molecule has 2 amide bonds. The minimum absolute atomic E-state index is 0.0210. The molecule has 0 spiro atoms. The van der Waals surface area contributed by atoms with Gasteiger partial charge in [0.05, 0.1) is 38.1 Å². The van der Waals surface area contributed by atoms with E-state index < -0.39 is 0 Å². The van der Waals surface area contributed by atoms with E-state index >= 15 is 0 Å². The minimum atomic E-state index is -0.0210. The zero-order valence-corrected chi connectivity index (χ0v) is 14.1. The molecule has 0 saturated carbocycles. The summed E-state index contributed by atoms with van der Waals surface area (Å²) in [6.45, 7) is 7.58. The van der Waals surface area contributed by atoms with E-state index in [-0.39, 0.29) is 17.5 Å². The first-order valence-electron chi connectivity index (χ1n) is 7.55. The summed E-state index contributed by atoms with van der Waals surface area (Å²) in [5.41, 5.74) is 0.994. The van der Waals surface area contributed by atoms with Crippen LogP contribution < -0.4 is 5.32 Å². The van der Waals surface area contributed by atoms with E-state index in [1.54, 1.807) is 18.4 Å². The van der Waals surface area contributed by atoms with Gasteiger partial charge in [0.25, 0.3) is 0 Å². The number of likely N-dealkylation sites (tertiary alicyclic amines) is 1. The number of rotatable bonds is 4. The Morgan fingerprint density at radius 3 is 3.18 bits per heavy atom. The van der Waals surface area contributed by atoms with Crippen LogP contribution in [0.2, 0.25) is 0 Å². The predicted octanol–water partition coefficient (Wildman–Crippen LogP) is 1.86. The van der Waals surface area contributed by atoms with Gasteiger partial charge in [-0.15, -0.1) is 11.3 Å². The Labute approximate surface area is 134 Å². The van der Waals surface area contributed by atoms with Crippen molar-refractivity contribution in [2.75, 3.05) is 26.9 Å². The number of hydrogen-bond acceptors (Lipinski definition) is 5. The van der Waals surface area contributed by atoms with Gasteiger partial charge in [-0.25, -0.2) is 9.78 Å². The maximum atomic E-state index is 12.5. The summed E-state index contributed by atoms with van der Waals surface area (Å²) in [6, 6.07) is 0.182. The molecule has 0 unspecified atom stereocenters. The Kier molecular flexibility index (Phi) is 4.38. The quantitative estimate of drug-likeness (QED) is 0.918. The van der Waals surface area contributed by atoms with E-state index in [1.165, 1.54) is 0 Å². The number of hydrogen-bond donors (Lipinski definition) is 1. The predicted molar refractivity (Wildman–Crippen MR) is 83.6 cm³/mol. The van der Waals surface area contributed by atoms with Crippen LogP contribution in [0.1, 0.15) is 24.5 Å². The van der Waals surface area contributed by atoms with Gasteiger partial charge >= 0.3 is 6.03 Å². The fourth-order valence-electron chi connectivity index (χ4n) is 3.38. The fraction of sp³-hybridized carbons (Fsp3) is 0.733. The Morgan fingerprint density at radius 2 is 2.41 bits per heavy atom. The third-order valence-electron chi connectivity index (χ3n) is 4.58. The summed E-state index contributed by atoms with van der Waals surface area (Å²) in [7, 11) is 1.65. The lowest BCUT2D eigenvalue weighted by atomic mass is 9.80. The van der Waals surface area contributed by atoms with Crippen LogP contribution in [0.5, 0.6) is 0 Å². The molecule has 122 valence electrons. The number of aromatic nitrogens is 1. The van der Waals surface area contributed by atoms with Crippen molar-refractivity contribution in [2.45, 2.75) is 33.0 Å². The molecule has 0 aromatic carbocycles. The molecular formula is C15H23N3O3S. The Bertz CT molecular complexity index is 546.